The quantitative estimate of drug-likeness (QED) is 0.556. The maximum Gasteiger partial charge on any atom is -0.0381 e. The van der Waals surface area contributed by atoms with Crippen molar-refractivity contribution in [1.82, 2.24) is 0 Å². The third kappa shape index (κ3) is 3.60. The maximum atomic E-state index is 2.49. The van der Waals surface area contributed by atoms with E-state index < -0.39 is 0 Å². The first kappa shape index (κ1) is 14.9. The summed E-state index contributed by atoms with van der Waals surface area (Å²) in [5.41, 5.74) is 0. The van der Waals surface area contributed by atoms with Crippen LogP contribution >= 0.6 is 0 Å². The Labute approximate surface area is 127 Å². The minimum atomic E-state index is 1.02. The lowest BCUT2D eigenvalue weighted by Crippen LogP contribution is -2.31. The highest BCUT2D eigenvalue weighted by Crippen LogP contribution is 2.47. The Morgan fingerprint density at radius 1 is 0.650 bits per heavy atom. The molecule has 0 aromatic carbocycles. The molecule has 20 heavy (non-hydrogen) atoms. The van der Waals surface area contributed by atoms with Crippen LogP contribution in [0.3, 0.4) is 0 Å². The van der Waals surface area contributed by atoms with Gasteiger partial charge in [0.15, 0.2) is 0 Å². The van der Waals surface area contributed by atoms with Crippen LogP contribution in [0.1, 0.15) is 90.9 Å². The van der Waals surface area contributed by atoms with Gasteiger partial charge in [0.1, 0.15) is 0 Å². The van der Waals surface area contributed by atoms with Crippen molar-refractivity contribution in [3.05, 3.63) is 0 Å². The molecular formula is C20H36. The normalized spacial score (nSPS) is 45.9. The summed E-state index contributed by atoms with van der Waals surface area (Å²) in [5.74, 6) is 6.53. The lowest BCUT2D eigenvalue weighted by Gasteiger charge is -2.42. The van der Waals surface area contributed by atoms with Crippen molar-refractivity contribution in [2.75, 3.05) is 0 Å². The monoisotopic (exact) mass is 276 g/mol. The van der Waals surface area contributed by atoms with Crippen LogP contribution in [0.2, 0.25) is 0 Å². The summed E-state index contributed by atoms with van der Waals surface area (Å²) in [4.78, 5) is 0. The van der Waals surface area contributed by atoms with Gasteiger partial charge in [-0.2, -0.15) is 0 Å². The highest BCUT2D eigenvalue weighted by molar-refractivity contribution is 4.86. The zero-order valence-electron chi connectivity index (χ0n) is 13.9. The van der Waals surface area contributed by atoms with Gasteiger partial charge < -0.3 is 0 Å². The molecule has 0 radical (unpaired) electrons. The smallest absolute Gasteiger partial charge is 0.0381 e. The molecule has 0 aromatic rings. The Balaban J connectivity index is 1.45. The molecule has 0 bridgehead atoms. The summed E-state index contributed by atoms with van der Waals surface area (Å²) < 4.78 is 0. The first-order chi connectivity index (χ1) is 9.74. The second-order valence-electron chi connectivity index (χ2n) is 8.65. The molecule has 3 fully saturated rings. The van der Waals surface area contributed by atoms with Gasteiger partial charge >= 0.3 is 0 Å². The number of fused-ring (bicyclic) bond motifs is 1. The summed E-state index contributed by atoms with van der Waals surface area (Å²) in [7, 11) is 0. The molecule has 0 amide bonds. The second-order valence-corrected chi connectivity index (χ2v) is 8.65. The van der Waals surface area contributed by atoms with Gasteiger partial charge in [-0.15, -0.1) is 0 Å². The third-order valence-electron chi connectivity index (χ3n) is 7.19. The first-order valence-electron chi connectivity index (χ1n) is 9.74. The molecule has 0 N–H and O–H groups in total. The van der Waals surface area contributed by atoms with E-state index in [4.69, 9.17) is 0 Å². The van der Waals surface area contributed by atoms with Crippen molar-refractivity contribution < 1.29 is 0 Å². The summed E-state index contributed by atoms with van der Waals surface area (Å²) in [6, 6.07) is 0. The van der Waals surface area contributed by atoms with Crippen LogP contribution in [-0.2, 0) is 0 Å². The molecule has 0 aromatic heterocycles. The molecule has 3 aliphatic rings. The summed E-state index contributed by atoms with van der Waals surface area (Å²) in [6.45, 7) is 4.88. The maximum absolute atomic E-state index is 2.49. The van der Waals surface area contributed by atoms with Crippen LogP contribution in [-0.4, -0.2) is 0 Å². The number of hydrogen-bond acceptors (Lipinski definition) is 0. The molecule has 116 valence electrons. The Hall–Kier alpha value is 0. The lowest BCUT2D eigenvalue weighted by atomic mass is 9.63. The second kappa shape index (κ2) is 6.84. The van der Waals surface area contributed by atoms with Crippen LogP contribution in [0.5, 0.6) is 0 Å². The van der Waals surface area contributed by atoms with Crippen molar-refractivity contribution in [3.63, 3.8) is 0 Å². The summed E-state index contributed by atoms with van der Waals surface area (Å²) in [5, 5.41) is 0. The Kier molecular flexibility index (Phi) is 5.10. The van der Waals surface area contributed by atoms with E-state index in [1.54, 1.807) is 51.4 Å². The van der Waals surface area contributed by atoms with Crippen LogP contribution in [0.25, 0.3) is 0 Å². The van der Waals surface area contributed by atoms with Crippen LogP contribution < -0.4 is 0 Å². The predicted octanol–water partition coefficient (Wildman–Crippen LogP) is 6.45. The fourth-order valence-electron chi connectivity index (χ4n) is 5.79. The molecule has 3 rings (SSSR count). The minimum absolute atomic E-state index is 1.02. The average molecular weight is 277 g/mol. The third-order valence-corrected chi connectivity index (χ3v) is 7.19. The van der Waals surface area contributed by atoms with Gasteiger partial charge in [0.05, 0.1) is 0 Å². The molecule has 0 heterocycles. The zero-order valence-corrected chi connectivity index (χ0v) is 13.9. The minimum Gasteiger partial charge on any atom is -0.0651 e. The fourth-order valence-corrected chi connectivity index (χ4v) is 5.79. The predicted molar refractivity (Wildman–Crippen MR) is 87.7 cm³/mol. The summed E-state index contributed by atoms with van der Waals surface area (Å²) in [6.07, 6.45) is 18.6. The largest absolute Gasteiger partial charge is 0.0651 e. The van der Waals surface area contributed by atoms with Crippen molar-refractivity contribution >= 4 is 0 Å². The van der Waals surface area contributed by atoms with E-state index >= 15 is 0 Å². The number of rotatable bonds is 3. The molecule has 0 nitrogen and oxygen atoms in total. The lowest BCUT2D eigenvalue weighted by molar-refractivity contribution is 0.0873. The van der Waals surface area contributed by atoms with Gasteiger partial charge in [0.25, 0.3) is 0 Å². The van der Waals surface area contributed by atoms with E-state index in [0.29, 0.717) is 0 Å². The van der Waals surface area contributed by atoms with Gasteiger partial charge in [-0.25, -0.2) is 0 Å². The summed E-state index contributed by atoms with van der Waals surface area (Å²) >= 11 is 0. The van der Waals surface area contributed by atoms with E-state index in [1.807, 2.05) is 0 Å². The van der Waals surface area contributed by atoms with Crippen molar-refractivity contribution in [2.24, 2.45) is 35.5 Å². The molecule has 3 saturated carbocycles. The molecule has 0 aliphatic heterocycles. The van der Waals surface area contributed by atoms with Gasteiger partial charge in [0, 0.05) is 0 Å². The Morgan fingerprint density at radius 2 is 1.30 bits per heavy atom. The van der Waals surface area contributed by atoms with Crippen molar-refractivity contribution in [3.8, 4) is 0 Å². The van der Waals surface area contributed by atoms with Crippen molar-refractivity contribution in [2.45, 2.75) is 90.9 Å². The molecule has 0 saturated heterocycles. The highest BCUT2D eigenvalue weighted by Gasteiger charge is 2.35. The topological polar surface area (TPSA) is 0 Å². The molecule has 4 unspecified atom stereocenters. The average Bonchev–Trinajstić information content (AvgIpc) is 2.47. The molecule has 0 spiro atoms. The Bertz CT molecular complexity index is 286. The van der Waals surface area contributed by atoms with E-state index in [2.05, 4.69) is 13.8 Å². The van der Waals surface area contributed by atoms with Crippen molar-refractivity contribution in [1.29, 1.82) is 0 Å². The SMILES string of the molecule is CCC1CCC(CC2CCC3CCC(C)CC3C2)CC1. The van der Waals surface area contributed by atoms with E-state index in [9.17, 15) is 0 Å². The Morgan fingerprint density at radius 3 is 2.05 bits per heavy atom. The molecular weight excluding hydrogens is 240 g/mol. The van der Waals surface area contributed by atoms with E-state index in [-0.39, 0.29) is 0 Å². The standard InChI is InChI=1S/C20H36/c1-3-16-5-7-17(8-6-16)13-18-9-11-19-10-4-15(2)12-20(19)14-18/h15-20H,3-14H2,1-2H3. The highest BCUT2D eigenvalue weighted by atomic mass is 14.4. The fraction of sp³-hybridized carbons (Fsp3) is 1.00. The van der Waals surface area contributed by atoms with Gasteiger partial charge in [-0.3, -0.25) is 0 Å². The van der Waals surface area contributed by atoms with Gasteiger partial charge in [-0.05, 0) is 67.6 Å². The van der Waals surface area contributed by atoms with E-state index in [0.717, 1.165) is 35.5 Å². The van der Waals surface area contributed by atoms with E-state index in [1.165, 1.54) is 25.7 Å². The first-order valence-corrected chi connectivity index (χ1v) is 9.74. The van der Waals surface area contributed by atoms with Gasteiger partial charge in [-0.1, -0.05) is 58.8 Å². The molecule has 4 atom stereocenters. The van der Waals surface area contributed by atoms with Gasteiger partial charge in [0.2, 0.25) is 0 Å². The van der Waals surface area contributed by atoms with Crippen LogP contribution in [0.15, 0.2) is 0 Å². The zero-order chi connectivity index (χ0) is 13.9. The molecule has 3 aliphatic carbocycles. The molecule has 0 heteroatoms. The van der Waals surface area contributed by atoms with Crippen LogP contribution in [0.4, 0.5) is 0 Å². The van der Waals surface area contributed by atoms with Crippen LogP contribution in [0, 0.1) is 35.5 Å². The number of hydrogen-bond donors (Lipinski definition) is 0.